The molecule has 0 aliphatic carbocycles. The van der Waals surface area contributed by atoms with Gasteiger partial charge in [-0.05, 0) is 72.8 Å². The van der Waals surface area contributed by atoms with Crippen LogP contribution in [0.2, 0.25) is 0 Å². The van der Waals surface area contributed by atoms with Crippen LogP contribution in [0.15, 0.2) is 59.7 Å². The van der Waals surface area contributed by atoms with Crippen LogP contribution in [-0.4, -0.2) is 17.7 Å². The number of halogens is 1. The van der Waals surface area contributed by atoms with Gasteiger partial charge in [-0.15, -0.1) is 0 Å². The number of carboxylic acids is 1. The van der Waals surface area contributed by atoms with E-state index in [4.69, 9.17) is 4.74 Å². The van der Waals surface area contributed by atoms with Crippen molar-refractivity contribution in [2.75, 3.05) is 6.61 Å². The summed E-state index contributed by atoms with van der Waals surface area (Å²) in [6, 6.07) is 15.2. The number of aliphatic carboxylic acids is 1. The summed E-state index contributed by atoms with van der Waals surface area (Å²) in [5.74, 6) is -0.773. The second kappa shape index (κ2) is 9.35. The first kappa shape index (κ1) is 23.2. The summed E-state index contributed by atoms with van der Waals surface area (Å²) in [5.41, 5.74) is 4.86. The summed E-state index contributed by atoms with van der Waals surface area (Å²) < 4.78 is 19.6. The third-order valence-corrected chi connectivity index (χ3v) is 6.50. The molecule has 1 saturated heterocycles. The quantitative estimate of drug-likeness (QED) is 0.540. The highest BCUT2D eigenvalue weighted by atomic mass is 19.1. The maximum atomic E-state index is 13.4. The Morgan fingerprint density at radius 3 is 2.23 bits per heavy atom. The predicted octanol–water partition coefficient (Wildman–Crippen LogP) is 6.48. The van der Waals surface area contributed by atoms with Crippen LogP contribution in [0, 0.1) is 17.7 Å². The zero-order valence-corrected chi connectivity index (χ0v) is 19.1. The SMILES string of the molecule is C/C(C[C@@H]1[C@@H](Cc2ccc(C(C)(C)C)cc2)CO[C@@H]1c1ccc(F)cc1)=C(\C)C(=O)O. The van der Waals surface area contributed by atoms with Crippen molar-refractivity contribution in [2.24, 2.45) is 11.8 Å². The van der Waals surface area contributed by atoms with E-state index in [1.165, 1.54) is 23.3 Å². The molecule has 1 fully saturated rings. The van der Waals surface area contributed by atoms with Gasteiger partial charge in [0, 0.05) is 5.57 Å². The van der Waals surface area contributed by atoms with Crippen molar-refractivity contribution in [3.05, 3.63) is 82.2 Å². The summed E-state index contributed by atoms with van der Waals surface area (Å²) in [6.07, 6.45) is 1.34. The zero-order chi connectivity index (χ0) is 22.8. The second-order valence-electron chi connectivity index (χ2n) is 9.80. The number of carboxylic acid groups (broad SMARTS) is 1. The summed E-state index contributed by atoms with van der Waals surface area (Å²) in [7, 11) is 0. The first-order valence-electron chi connectivity index (χ1n) is 10.9. The number of benzene rings is 2. The Hall–Kier alpha value is -2.46. The van der Waals surface area contributed by atoms with Gasteiger partial charge in [-0.2, -0.15) is 0 Å². The normalized spacial score (nSPS) is 22.3. The fourth-order valence-electron chi connectivity index (χ4n) is 4.33. The van der Waals surface area contributed by atoms with Crippen molar-refractivity contribution in [2.45, 2.75) is 59.0 Å². The molecule has 0 bridgehead atoms. The average Bonchev–Trinajstić information content (AvgIpc) is 3.09. The van der Waals surface area contributed by atoms with Gasteiger partial charge >= 0.3 is 5.97 Å². The fraction of sp³-hybridized carbons (Fsp3) is 0.444. The lowest BCUT2D eigenvalue weighted by Gasteiger charge is -2.25. The summed E-state index contributed by atoms with van der Waals surface area (Å²) in [5, 5.41) is 9.40. The first-order chi connectivity index (χ1) is 14.6. The lowest BCUT2D eigenvalue weighted by atomic mass is 9.79. The maximum Gasteiger partial charge on any atom is 0.331 e. The second-order valence-corrected chi connectivity index (χ2v) is 9.80. The number of rotatable bonds is 6. The smallest absolute Gasteiger partial charge is 0.331 e. The fourth-order valence-corrected chi connectivity index (χ4v) is 4.33. The molecule has 1 N–H and O–H groups in total. The van der Waals surface area contributed by atoms with Crippen LogP contribution in [0.5, 0.6) is 0 Å². The Morgan fingerprint density at radius 1 is 1.06 bits per heavy atom. The molecule has 0 aromatic heterocycles. The molecule has 3 nitrogen and oxygen atoms in total. The summed E-state index contributed by atoms with van der Waals surface area (Å²) >= 11 is 0. The number of carbonyl (C=O) groups is 1. The Morgan fingerprint density at radius 2 is 1.68 bits per heavy atom. The molecule has 0 saturated carbocycles. The van der Waals surface area contributed by atoms with E-state index >= 15 is 0 Å². The third kappa shape index (κ3) is 5.62. The molecule has 1 heterocycles. The monoisotopic (exact) mass is 424 g/mol. The van der Waals surface area contributed by atoms with Crippen molar-refractivity contribution in [3.8, 4) is 0 Å². The van der Waals surface area contributed by atoms with E-state index in [2.05, 4.69) is 45.0 Å². The molecule has 0 spiro atoms. The van der Waals surface area contributed by atoms with E-state index in [1.807, 2.05) is 6.92 Å². The van der Waals surface area contributed by atoms with Gasteiger partial charge in [0.25, 0.3) is 0 Å². The molecule has 1 aliphatic heterocycles. The van der Waals surface area contributed by atoms with Crippen molar-refractivity contribution in [1.29, 1.82) is 0 Å². The minimum atomic E-state index is -0.885. The highest BCUT2D eigenvalue weighted by Crippen LogP contribution is 2.43. The zero-order valence-electron chi connectivity index (χ0n) is 19.1. The van der Waals surface area contributed by atoms with Crippen LogP contribution in [0.4, 0.5) is 4.39 Å². The Balaban J connectivity index is 1.86. The van der Waals surface area contributed by atoms with Gasteiger partial charge in [-0.1, -0.05) is 62.7 Å². The van der Waals surface area contributed by atoms with Crippen molar-refractivity contribution in [3.63, 3.8) is 0 Å². The standard InChI is InChI=1S/C27H33FO3/c1-17(18(2)26(29)30)14-24-21(15-19-6-10-22(11-7-19)27(3,4)5)16-31-25(24)20-8-12-23(28)13-9-20/h6-13,21,24-25H,14-16H2,1-5H3,(H,29,30)/b18-17-/t21-,24+,25+/m0/s1. The van der Waals surface area contributed by atoms with Gasteiger partial charge in [-0.25, -0.2) is 9.18 Å². The van der Waals surface area contributed by atoms with Gasteiger partial charge in [0.1, 0.15) is 5.82 Å². The van der Waals surface area contributed by atoms with E-state index < -0.39 is 5.97 Å². The number of ether oxygens (including phenoxy) is 1. The molecular weight excluding hydrogens is 391 g/mol. The Kier molecular flexibility index (Phi) is 7.00. The summed E-state index contributed by atoms with van der Waals surface area (Å²) in [4.78, 5) is 11.5. The van der Waals surface area contributed by atoms with Crippen LogP contribution in [0.1, 0.15) is 63.8 Å². The van der Waals surface area contributed by atoms with Crippen molar-refractivity contribution < 1.29 is 19.0 Å². The minimum absolute atomic E-state index is 0.113. The molecule has 4 heteroatoms. The van der Waals surface area contributed by atoms with Crippen LogP contribution in [0.3, 0.4) is 0 Å². The van der Waals surface area contributed by atoms with Gasteiger partial charge in [0.05, 0.1) is 12.7 Å². The molecule has 1 aliphatic rings. The van der Waals surface area contributed by atoms with Crippen molar-refractivity contribution in [1.82, 2.24) is 0 Å². The molecule has 3 atom stereocenters. The van der Waals surface area contributed by atoms with Crippen LogP contribution >= 0.6 is 0 Å². The molecule has 0 radical (unpaired) electrons. The number of hydrogen-bond acceptors (Lipinski definition) is 2. The predicted molar refractivity (Wildman–Crippen MR) is 122 cm³/mol. The Labute approximate surface area is 185 Å². The van der Waals surface area contributed by atoms with Crippen LogP contribution in [0.25, 0.3) is 0 Å². The van der Waals surface area contributed by atoms with E-state index in [9.17, 15) is 14.3 Å². The van der Waals surface area contributed by atoms with E-state index in [-0.39, 0.29) is 29.2 Å². The topological polar surface area (TPSA) is 46.5 Å². The molecule has 166 valence electrons. The van der Waals surface area contributed by atoms with Gasteiger partial charge in [-0.3, -0.25) is 0 Å². The van der Waals surface area contributed by atoms with Crippen molar-refractivity contribution >= 4 is 5.97 Å². The lowest BCUT2D eigenvalue weighted by molar-refractivity contribution is -0.132. The molecular formula is C27H33FO3. The first-order valence-corrected chi connectivity index (χ1v) is 10.9. The third-order valence-electron chi connectivity index (χ3n) is 6.50. The highest BCUT2D eigenvalue weighted by molar-refractivity contribution is 5.86. The molecule has 3 rings (SSSR count). The maximum absolute atomic E-state index is 13.4. The highest BCUT2D eigenvalue weighted by Gasteiger charge is 2.38. The number of allylic oxidation sites excluding steroid dienone is 1. The largest absolute Gasteiger partial charge is 0.478 e. The molecule has 0 unspecified atom stereocenters. The van der Waals surface area contributed by atoms with E-state index in [0.29, 0.717) is 18.6 Å². The minimum Gasteiger partial charge on any atom is -0.478 e. The molecule has 2 aromatic carbocycles. The van der Waals surface area contributed by atoms with Gasteiger partial charge in [0.2, 0.25) is 0 Å². The van der Waals surface area contributed by atoms with Crippen LogP contribution < -0.4 is 0 Å². The van der Waals surface area contributed by atoms with E-state index in [0.717, 1.165) is 17.6 Å². The van der Waals surface area contributed by atoms with E-state index in [1.54, 1.807) is 19.1 Å². The number of hydrogen-bond donors (Lipinski definition) is 1. The summed E-state index contributed by atoms with van der Waals surface area (Å²) in [6.45, 7) is 10.8. The van der Waals surface area contributed by atoms with Gasteiger partial charge in [0.15, 0.2) is 0 Å². The van der Waals surface area contributed by atoms with Gasteiger partial charge < -0.3 is 9.84 Å². The van der Waals surface area contributed by atoms with Crippen LogP contribution in [-0.2, 0) is 21.4 Å². The molecule has 0 amide bonds. The molecule has 31 heavy (non-hydrogen) atoms. The lowest BCUT2D eigenvalue weighted by Crippen LogP contribution is -2.19. The Bertz CT molecular complexity index is 936. The molecule has 2 aromatic rings. The average molecular weight is 425 g/mol.